The van der Waals surface area contributed by atoms with E-state index in [1.54, 1.807) is 83.2 Å². The largest absolute Gasteiger partial charge is 0.0939 e. The van der Waals surface area contributed by atoms with Crippen LogP contribution in [0, 0.1) is 29.6 Å². The number of hydrogen-bond donors (Lipinski definition) is 0. The lowest BCUT2D eigenvalue weighted by molar-refractivity contribution is 0.0325. The first-order valence-electron chi connectivity index (χ1n) is 12.4. The van der Waals surface area contributed by atoms with Crippen LogP contribution in [-0.2, 0) is 0 Å². The van der Waals surface area contributed by atoms with Crippen molar-refractivity contribution in [3.05, 3.63) is 0 Å². The standard InChI is InChI=1S/C25H43P/c1-3-5-9-26(24-8-6-7-20(15-24)10-19(4-2)14-24)25-16-21-11-22(17-25)13-23(12-21)18-25/h19-23H,3-18H2,1-2H3/t19-,20+,21?,22?,23?,24+,25?,26?/m1/s1. The van der Waals surface area contributed by atoms with Crippen LogP contribution in [0.4, 0.5) is 0 Å². The summed E-state index contributed by atoms with van der Waals surface area (Å²) in [6, 6.07) is 0. The Morgan fingerprint density at radius 2 is 1.42 bits per heavy atom. The Morgan fingerprint density at radius 3 is 2.04 bits per heavy atom. The van der Waals surface area contributed by atoms with Crippen molar-refractivity contribution in [1.29, 1.82) is 0 Å². The van der Waals surface area contributed by atoms with Crippen molar-refractivity contribution in [2.24, 2.45) is 29.6 Å². The van der Waals surface area contributed by atoms with Crippen molar-refractivity contribution in [3.8, 4) is 0 Å². The molecule has 0 saturated heterocycles. The maximum Gasteiger partial charge on any atom is -0.00815 e. The molecule has 6 aliphatic rings. The summed E-state index contributed by atoms with van der Waals surface area (Å²) in [5, 5.41) is 1.69. The number of fused-ring (bicyclic) bond motifs is 2. The van der Waals surface area contributed by atoms with Crippen molar-refractivity contribution < 1.29 is 0 Å². The Morgan fingerprint density at radius 1 is 0.769 bits per heavy atom. The summed E-state index contributed by atoms with van der Waals surface area (Å²) in [6.07, 6.45) is 25.7. The molecule has 1 heteroatoms. The highest BCUT2D eigenvalue weighted by Crippen LogP contribution is 2.77. The number of unbranched alkanes of at least 4 members (excludes halogenated alkanes) is 1. The summed E-state index contributed by atoms with van der Waals surface area (Å²) in [5.41, 5.74) is 0. The molecule has 0 amide bonds. The summed E-state index contributed by atoms with van der Waals surface area (Å²) in [4.78, 5) is 0. The topological polar surface area (TPSA) is 0 Å². The van der Waals surface area contributed by atoms with Gasteiger partial charge in [0, 0.05) is 0 Å². The molecular weight excluding hydrogens is 331 g/mol. The molecule has 0 aromatic heterocycles. The zero-order valence-electron chi connectivity index (χ0n) is 17.6. The van der Waals surface area contributed by atoms with Gasteiger partial charge in [0.25, 0.3) is 0 Å². The Balaban J connectivity index is 1.49. The SMILES string of the molecule is CCCCP(C12CC3CC(CC(C3)C1)C2)[C@@]12CCC[C@@H](C[C@@H](CC)C1)C2. The van der Waals surface area contributed by atoms with Crippen LogP contribution in [0.5, 0.6) is 0 Å². The van der Waals surface area contributed by atoms with Gasteiger partial charge in [-0.25, -0.2) is 0 Å². The second-order valence-electron chi connectivity index (χ2n) is 11.5. The first-order valence-corrected chi connectivity index (χ1v) is 13.9. The van der Waals surface area contributed by atoms with Crippen LogP contribution < -0.4 is 0 Å². The van der Waals surface area contributed by atoms with E-state index in [1.165, 1.54) is 19.3 Å². The zero-order chi connectivity index (χ0) is 17.8. The molecule has 1 unspecified atom stereocenters. The molecule has 26 heavy (non-hydrogen) atoms. The van der Waals surface area contributed by atoms with E-state index in [4.69, 9.17) is 0 Å². The second-order valence-corrected chi connectivity index (χ2v) is 14.7. The fraction of sp³-hybridized carbons (Fsp3) is 1.00. The van der Waals surface area contributed by atoms with Crippen LogP contribution in [0.3, 0.4) is 0 Å². The van der Waals surface area contributed by atoms with Gasteiger partial charge in [0.05, 0.1) is 0 Å². The van der Waals surface area contributed by atoms with Crippen molar-refractivity contribution >= 4 is 7.92 Å². The van der Waals surface area contributed by atoms with E-state index in [-0.39, 0.29) is 7.92 Å². The molecule has 0 aliphatic heterocycles. The highest BCUT2D eigenvalue weighted by Gasteiger charge is 2.59. The fourth-order valence-corrected chi connectivity index (χ4v) is 14.7. The third-order valence-corrected chi connectivity index (χ3v) is 13.9. The Kier molecular flexibility index (Phi) is 5.00. The van der Waals surface area contributed by atoms with E-state index in [2.05, 4.69) is 13.8 Å². The minimum atomic E-state index is 0.249. The Labute approximate surface area is 164 Å². The molecule has 0 nitrogen and oxygen atoms in total. The monoisotopic (exact) mass is 374 g/mol. The number of hydrogen-bond acceptors (Lipinski definition) is 0. The van der Waals surface area contributed by atoms with Gasteiger partial charge in [0.2, 0.25) is 0 Å². The van der Waals surface area contributed by atoms with Gasteiger partial charge in [0.1, 0.15) is 0 Å². The lowest BCUT2D eigenvalue weighted by atomic mass is 9.56. The highest BCUT2D eigenvalue weighted by atomic mass is 31.1. The summed E-state index contributed by atoms with van der Waals surface area (Å²) >= 11 is 0. The van der Waals surface area contributed by atoms with Gasteiger partial charge in [0.15, 0.2) is 0 Å². The van der Waals surface area contributed by atoms with E-state index >= 15 is 0 Å². The van der Waals surface area contributed by atoms with Crippen molar-refractivity contribution in [1.82, 2.24) is 0 Å². The van der Waals surface area contributed by atoms with Gasteiger partial charge in [-0.05, 0) is 117 Å². The van der Waals surface area contributed by atoms with Crippen LogP contribution in [0.1, 0.15) is 110 Å². The molecule has 148 valence electrons. The van der Waals surface area contributed by atoms with Gasteiger partial charge in [-0.15, -0.1) is 0 Å². The van der Waals surface area contributed by atoms with E-state index in [0.29, 0.717) is 0 Å². The predicted octanol–water partition coefficient (Wildman–Crippen LogP) is 7.99. The van der Waals surface area contributed by atoms with Crippen LogP contribution in [0.2, 0.25) is 0 Å². The summed E-state index contributed by atoms with van der Waals surface area (Å²) < 4.78 is 0. The molecule has 6 rings (SSSR count). The number of rotatable bonds is 6. The summed E-state index contributed by atoms with van der Waals surface area (Å²) in [6.45, 7) is 4.95. The molecule has 6 fully saturated rings. The molecule has 0 heterocycles. The predicted molar refractivity (Wildman–Crippen MR) is 115 cm³/mol. The van der Waals surface area contributed by atoms with Crippen molar-refractivity contribution in [2.75, 3.05) is 6.16 Å². The Bertz CT molecular complexity index is 475. The summed E-state index contributed by atoms with van der Waals surface area (Å²) in [7, 11) is 0.249. The Hall–Kier alpha value is 0.430. The molecule has 0 radical (unpaired) electrons. The van der Waals surface area contributed by atoms with Gasteiger partial charge < -0.3 is 0 Å². The van der Waals surface area contributed by atoms with E-state index in [9.17, 15) is 0 Å². The third-order valence-electron chi connectivity index (χ3n) is 9.72. The minimum absolute atomic E-state index is 0.249. The van der Waals surface area contributed by atoms with E-state index < -0.39 is 0 Å². The third kappa shape index (κ3) is 3.04. The first-order chi connectivity index (χ1) is 12.6. The molecule has 0 aromatic carbocycles. The molecule has 6 saturated carbocycles. The van der Waals surface area contributed by atoms with Crippen LogP contribution in [0.25, 0.3) is 0 Å². The second kappa shape index (κ2) is 7.04. The van der Waals surface area contributed by atoms with Gasteiger partial charge in [-0.1, -0.05) is 47.5 Å². The van der Waals surface area contributed by atoms with Crippen LogP contribution >= 0.6 is 7.92 Å². The molecule has 6 aliphatic carbocycles. The molecule has 4 atom stereocenters. The molecule has 0 aromatic rings. The normalized spacial score (nSPS) is 50.8. The van der Waals surface area contributed by atoms with Crippen molar-refractivity contribution in [2.45, 2.75) is 120 Å². The van der Waals surface area contributed by atoms with Crippen LogP contribution in [0.15, 0.2) is 0 Å². The molecule has 0 spiro atoms. The molecular formula is C25H43P. The van der Waals surface area contributed by atoms with Crippen LogP contribution in [-0.4, -0.2) is 16.5 Å². The average Bonchev–Trinajstić information content (AvgIpc) is 2.60. The van der Waals surface area contributed by atoms with Crippen molar-refractivity contribution in [3.63, 3.8) is 0 Å². The van der Waals surface area contributed by atoms with Gasteiger partial charge in [-0.2, -0.15) is 0 Å². The van der Waals surface area contributed by atoms with Gasteiger partial charge in [-0.3, -0.25) is 0 Å². The average molecular weight is 375 g/mol. The smallest absolute Gasteiger partial charge is 0.00815 e. The fourth-order valence-electron chi connectivity index (χ4n) is 9.30. The van der Waals surface area contributed by atoms with Gasteiger partial charge >= 0.3 is 0 Å². The maximum atomic E-state index is 2.50. The lowest BCUT2D eigenvalue weighted by Gasteiger charge is -2.65. The highest BCUT2D eigenvalue weighted by molar-refractivity contribution is 7.61. The molecule has 6 bridgehead atoms. The first kappa shape index (κ1) is 18.5. The zero-order valence-corrected chi connectivity index (χ0v) is 18.5. The van der Waals surface area contributed by atoms with E-state index in [0.717, 1.165) is 39.9 Å². The van der Waals surface area contributed by atoms with E-state index in [1.807, 2.05) is 0 Å². The lowest BCUT2D eigenvalue weighted by Crippen LogP contribution is -2.54. The minimum Gasteiger partial charge on any atom is -0.0939 e. The maximum absolute atomic E-state index is 2.50. The summed E-state index contributed by atoms with van der Waals surface area (Å²) in [5.74, 6) is 5.63. The quantitative estimate of drug-likeness (QED) is 0.413. The molecule has 0 N–H and O–H groups in total.